The Kier molecular flexibility index (Phi) is 2.90. The minimum Gasteiger partial charge on any atom is -0.330 e. The normalized spacial score (nSPS) is 13.8. The van der Waals surface area contributed by atoms with Crippen molar-refractivity contribution in [1.82, 2.24) is 4.98 Å². The molecule has 0 fully saturated rings. The first-order valence-electron chi connectivity index (χ1n) is 3.13. The van der Waals surface area contributed by atoms with Crippen molar-refractivity contribution in [2.24, 2.45) is 5.73 Å². The Balaban J connectivity index is 2.71. The highest BCUT2D eigenvalue weighted by atomic mass is 32.1. The molecule has 0 aliphatic rings. The number of rotatable bonds is 3. The van der Waals surface area contributed by atoms with E-state index in [1.807, 2.05) is 0 Å². The van der Waals surface area contributed by atoms with Gasteiger partial charge in [-0.05, 0) is 0 Å². The van der Waals surface area contributed by atoms with Gasteiger partial charge in [-0.3, -0.25) is 0 Å². The van der Waals surface area contributed by atoms with Crippen LogP contribution >= 0.6 is 11.3 Å². The number of aromatic nitrogens is 1. The van der Waals surface area contributed by atoms with Crippen LogP contribution in [-0.4, -0.2) is 18.0 Å². The smallest absolute Gasteiger partial charge is 0.248 e. The molecular formula is C6H8F2N2S. The van der Waals surface area contributed by atoms with E-state index < -0.39 is 12.3 Å². The molecular weight excluding hydrogens is 170 g/mol. The van der Waals surface area contributed by atoms with Gasteiger partial charge in [-0.25, -0.2) is 13.8 Å². The predicted octanol–water partition coefficient (Wildman–Crippen LogP) is 1.45. The van der Waals surface area contributed by atoms with Gasteiger partial charge in [-0.15, -0.1) is 11.3 Å². The lowest BCUT2D eigenvalue weighted by Crippen LogP contribution is -2.19. The molecule has 11 heavy (non-hydrogen) atoms. The molecule has 1 rings (SSSR count). The summed E-state index contributed by atoms with van der Waals surface area (Å²) in [4.78, 5) is 3.77. The zero-order chi connectivity index (χ0) is 8.27. The molecule has 2 N–H and O–H groups in total. The Labute approximate surface area is 67.1 Å². The van der Waals surface area contributed by atoms with Crippen molar-refractivity contribution in [3.8, 4) is 0 Å². The lowest BCUT2D eigenvalue weighted by molar-refractivity contribution is 0.117. The van der Waals surface area contributed by atoms with Gasteiger partial charge >= 0.3 is 0 Å². The number of nitrogens with zero attached hydrogens (tertiary/aromatic N) is 1. The van der Waals surface area contributed by atoms with Crippen molar-refractivity contribution in [3.05, 3.63) is 16.6 Å². The molecule has 0 radical (unpaired) electrons. The fraction of sp³-hybridized carbons (Fsp3) is 0.500. The SMILES string of the molecule is NCC(c1nccs1)C(F)F. The number of hydrogen-bond donors (Lipinski definition) is 1. The van der Waals surface area contributed by atoms with E-state index in [4.69, 9.17) is 5.73 Å². The largest absolute Gasteiger partial charge is 0.330 e. The number of hydrogen-bond acceptors (Lipinski definition) is 3. The highest BCUT2D eigenvalue weighted by molar-refractivity contribution is 7.09. The maximum atomic E-state index is 12.1. The Bertz CT molecular complexity index is 200. The molecule has 62 valence electrons. The van der Waals surface area contributed by atoms with Gasteiger partial charge in [0.1, 0.15) is 5.01 Å². The third-order valence-corrected chi connectivity index (χ3v) is 2.23. The zero-order valence-electron chi connectivity index (χ0n) is 5.71. The van der Waals surface area contributed by atoms with E-state index in [9.17, 15) is 8.78 Å². The van der Waals surface area contributed by atoms with Crippen molar-refractivity contribution < 1.29 is 8.78 Å². The van der Waals surface area contributed by atoms with Crippen LogP contribution in [0.15, 0.2) is 11.6 Å². The lowest BCUT2D eigenvalue weighted by atomic mass is 10.2. The second-order valence-corrected chi connectivity index (χ2v) is 2.97. The fourth-order valence-electron chi connectivity index (χ4n) is 0.729. The van der Waals surface area contributed by atoms with Crippen LogP contribution in [0.3, 0.4) is 0 Å². The van der Waals surface area contributed by atoms with Gasteiger partial charge < -0.3 is 5.73 Å². The van der Waals surface area contributed by atoms with Gasteiger partial charge in [0, 0.05) is 18.1 Å². The van der Waals surface area contributed by atoms with Crippen LogP contribution in [0.4, 0.5) is 8.78 Å². The van der Waals surface area contributed by atoms with E-state index in [2.05, 4.69) is 4.98 Å². The number of alkyl halides is 2. The van der Waals surface area contributed by atoms with Crippen LogP contribution in [0, 0.1) is 0 Å². The molecule has 1 aromatic heterocycles. The van der Waals surface area contributed by atoms with Crippen LogP contribution in [0.1, 0.15) is 10.9 Å². The molecule has 2 nitrogen and oxygen atoms in total. The number of halogens is 2. The van der Waals surface area contributed by atoms with Crippen LogP contribution in [-0.2, 0) is 0 Å². The molecule has 0 aliphatic heterocycles. The summed E-state index contributed by atoms with van der Waals surface area (Å²) in [5.41, 5.74) is 5.15. The quantitative estimate of drug-likeness (QED) is 0.760. The average Bonchev–Trinajstić information content (AvgIpc) is 2.40. The summed E-state index contributed by atoms with van der Waals surface area (Å²) in [7, 11) is 0. The van der Waals surface area contributed by atoms with Crippen LogP contribution in [0.5, 0.6) is 0 Å². The van der Waals surface area contributed by atoms with Gasteiger partial charge in [0.2, 0.25) is 6.43 Å². The molecule has 0 spiro atoms. The van der Waals surface area contributed by atoms with E-state index in [0.717, 1.165) is 0 Å². The Hall–Kier alpha value is -0.550. The molecule has 1 atom stereocenters. The maximum absolute atomic E-state index is 12.1. The second kappa shape index (κ2) is 3.73. The van der Waals surface area contributed by atoms with Gasteiger partial charge in [-0.2, -0.15) is 0 Å². The molecule has 0 aliphatic carbocycles. The second-order valence-electron chi connectivity index (χ2n) is 2.05. The molecule has 0 saturated carbocycles. The van der Waals surface area contributed by atoms with Crippen molar-refractivity contribution in [2.45, 2.75) is 12.3 Å². The Morgan fingerprint density at radius 2 is 2.36 bits per heavy atom. The van der Waals surface area contributed by atoms with Gasteiger partial charge in [-0.1, -0.05) is 0 Å². The number of nitrogens with two attached hydrogens (primary N) is 1. The number of thiazole rings is 1. The molecule has 0 amide bonds. The monoisotopic (exact) mass is 178 g/mol. The molecule has 5 heteroatoms. The molecule has 0 saturated heterocycles. The van der Waals surface area contributed by atoms with Gasteiger partial charge in [0.15, 0.2) is 0 Å². The van der Waals surface area contributed by atoms with Crippen LogP contribution in [0.25, 0.3) is 0 Å². The highest BCUT2D eigenvalue weighted by Crippen LogP contribution is 2.23. The van der Waals surface area contributed by atoms with E-state index in [1.165, 1.54) is 17.5 Å². The first kappa shape index (κ1) is 8.55. The van der Waals surface area contributed by atoms with Gasteiger partial charge in [0.25, 0.3) is 0 Å². The lowest BCUT2D eigenvalue weighted by Gasteiger charge is -2.08. The van der Waals surface area contributed by atoms with E-state index in [0.29, 0.717) is 5.01 Å². The van der Waals surface area contributed by atoms with Crippen molar-refractivity contribution in [2.75, 3.05) is 6.54 Å². The summed E-state index contributed by atoms with van der Waals surface area (Å²) >= 11 is 1.21. The summed E-state index contributed by atoms with van der Waals surface area (Å²) in [5, 5.41) is 2.09. The average molecular weight is 178 g/mol. The standard InChI is InChI=1S/C6H8F2N2S/c7-5(8)4(3-9)6-10-1-2-11-6/h1-2,4-5H,3,9H2. The van der Waals surface area contributed by atoms with E-state index in [-0.39, 0.29) is 6.54 Å². The molecule has 0 bridgehead atoms. The Morgan fingerprint density at radius 1 is 1.64 bits per heavy atom. The summed E-state index contributed by atoms with van der Waals surface area (Å²) in [6.07, 6.45) is -0.906. The third-order valence-electron chi connectivity index (χ3n) is 1.33. The van der Waals surface area contributed by atoms with Crippen molar-refractivity contribution >= 4 is 11.3 Å². The van der Waals surface area contributed by atoms with Gasteiger partial charge in [0.05, 0.1) is 5.92 Å². The zero-order valence-corrected chi connectivity index (χ0v) is 6.52. The van der Waals surface area contributed by atoms with Crippen molar-refractivity contribution in [1.29, 1.82) is 0 Å². The summed E-state index contributed by atoms with van der Waals surface area (Å²) in [5.74, 6) is -0.894. The third kappa shape index (κ3) is 1.94. The van der Waals surface area contributed by atoms with Crippen LogP contribution < -0.4 is 5.73 Å². The first-order valence-corrected chi connectivity index (χ1v) is 4.01. The predicted molar refractivity (Wildman–Crippen MR) is 39.9 cm³/mol. The summed E-state index contributed by atoms with van der Waals surface area (Å²) < 4.78 is 24.3. The summed E-state index contributed by atoms with van der Waals surface area (Å²) in [6.45, 7) is -0.0504. The van der Waals surface area contributed by atoms with Crippen LogP contribution in [0.2, 0.25) is 0 Å². The molecule has 1 unspecified atom stereocenters. The molecule has 0 aromatic carbocycles. The molecule has 1 aromatic rings. The summed E-state index contributed by atoms with van der Waals surface area (Å²) in [6, 6.07) is 0. The maximum Gasteiger partial charge on any atom is 0.248 e. The topological polar surface area (TPSA) is 38.9 Å². The minimum atomic E-state index is -2.41. The first-order chi connectivity index (χ1) is 5.25. The highest BCUT2D eigenvalue weighted by Gasteiger charge is 2.22. The fourth-order valence-corrected chi connectivity index (χ4v) is 1.49. The van der Waals surface area contributed by atoms with E-state index in [1.54, 1.807) is 5.38 Å². The Morgan fingerprint density at radius 3 is 2.73 bits per heavy atom. The van der Waals surface area contributed by atoms with E-state index >= 15 is 0 Å². The molecule has 1 heterocycles. The minimum absolute atomic E-state index is 0.0504. The van der Waals surface area contributed by atoms with Crippen molar-refractivity contribution in [3.63, 3.8) is 0 Å².